The molecule has 2 fully saturated rings. The van der Waals surface area contributed by atoms with E-state index in [-0.39, 0.29) is 0 Å². The summed E-state index contributed by atoms with van der Waals surface area (Å²) in [6.45, 7) is 1.83. The Bertz CT molecular complexity index is 1400. The Morgan fingerprint density at radius 2 is 1.84 bits per heavy atom. The smallest absolute Gasteiger partial charge is 0.325 e. The Morgan fingerprint density at radius 3 is 2.50 bits per heavy atom. The van der Waals surface area contributed by atoms with Gasteiger partial charge in [-0.3, -0.25) is 9.59 Å². The van der Waals surface area contributed by atoms with Crippen molar-refractivity contribution < 1.29 is 19.1 Å². The number of hydrogen-bond acceptors (Lipinski definition) is 4. The molecule has 0 spiro atoms. The van der Waals surface area contributed by atoms with E-state index in [2.05, 4.69) is 33.2 Å². The van der Waals surface area contributed by atoms with E-state index < -0.39 is 35.8 Å². The first kappa shape index (κ1) is 26.5. The maximum atomic E-state index is 13.8. The molecule has 9 heteroatoms. The van der Waals surface area contributed by atoms with Crippen molar-refractivity contribution in [2.75, 3.05) is 12.4 Å². The number of imide groups is 1. The Morgan fingerprint density at radius 1 is 1.11 bits per heavy atom. The number of rotatable bonds is 8. The van der Waals surface area contributed by atoms with Crippen LogP contribution >= 0.6 is 34.2 Å². The Labute approximate surface area is 240 Å². The highest BCUT2D eigenvalue weighted by molar-refractivity contribution is 14.1. The summed E-state index contributed by atoms with van der Waals surface area (Å²) in [5.74, 6) is -0.464. The first-order chi connectivity index (χ1) is 18.3. The molecular weight excluding hydrogens is 617 g/mol. The molecule has 38 heavy (non-hydrogen) atoms. The summed E-state index contributed by atoms with van der Waals surface area (Å²) in [6.07, 6.45) is 2.27. The molecule has 4 amide bonds. The van der Waals surface area contributed by atoms with Gasteiger partial charge in [-0.05, 0) is 76.7 Å². The molecule has 196 valence electrons. The van der Waals surface area contributed by atoms with Gasteiger partial charge in [0.15, 0.2) is 0 Å². The number of carbonyl (C=O) groups is 3. The average molecular weight is 644 g/mol. The Balaban J connectivity index is 1.49. The van der Waals surface area contributed by atoms with Gasteiger partial charge in [-0.15, -0.1) is 0 Å². The third kappa shape index (κ3) is 5.24. The number of anilines is 1. The van der Waals surface area contributed by atoms with Gasteiger partial charge >= 0.3 is 6.03 Å². The van der Waals surface area contributed by atoms with E-state index in [1.54, 1.807) is 19.2 Å². The predicted molar refractivity (Wildman–Crippen MR) is 155 cm³/mol. The number of carbonyl (C=O) groups excluding carboxylic acids is 3. The summed E-state index contributed by atoms with van der Waals surface area (Å²) in [5, 5.41) is 5.99. The Kier molecular flexibility index (Phi) is 7.63. The minimum absolute atomic E-state index is 0.368. The van der Waals surface area contributed by atoms with E-state index in [1.807, 2.05) is 61.5 Å². The van der Waals surface area contributed by atoms with Crippen LogP contribution in [0.25, 0.3) is 0 Å². The van der Waals surface area contributed by atoms with Crippen LogP contribution in [0.3, 0.4) is 0 Å². The van der Waals surface area contributed by atoms with Crippen molar-refractivity contribution in [3.8, 4) is 5.75 Å². The van der Waals surface area contributed by atoms with Gasteiger partial charge in [-0.25, -0.2) is 9.69 Å². The van der Waals surface area contributed by atoms with E-state index in [4.69, 9.17) is 16.3 Å². The van der Waals surface area contributed by atoms with Crippen molar-refractivity contribution in [2.45, 2.75) is 43.7 Å². The summed E-state index contributed by atoms with van der Waals surface area (Å²) < 4.78 is 6.52. The lowest BCUT2D eigenvalue weighted by molar-refractivity contribution is -0.134. The number of nitrogens with one attached hydrogen (secondary N) is 2. The molecule has 2 N–H and O–H groups in total. The van der Waals surface area contributed by atoms with Gasteiger partial charge in [-0.1, -0.05) is 61.0 Å². The van der Waals surface area contributed by atoms with Crippen LogP contribution < -0.4 is 15.4 Å². The second-order valence-electron chi connectivity index (χ2n) is 9.62. The molecule has 2 aliphatic rings. The zero-order chi connectivity index (χ0) is 27.0. The number of halogens is 2. The van der Waals surface area contributed by atoms with Gasteiger partial charge in [0.25, 0.3) is 5.91 Å². The van der Waals surface area contributed by atoms with Gasteiger partial charge in [0.2, 0.25) is 5.91 Å². The summed E-state index contributed by atoms with van der Waals surface area (Å²) >= 11 is 8.51. The van der Waals surface area contributed by atoms with E-state index in [1.165, 1.54) is 0 Å². The van der Waals surface area contributed by atoms with Crippen LogP contribution in [-0.4, -0.2) is 35.9 Å². The van der Waals surface area contributed by atoms with Crippen LogP contribution in [0.4, 0.5) is 10.5 Å². The number of methoxy groups -OCH3 is 1. The number of urea groups is 1. The van der Waals surface area contributed by atoms with Crippen molar-refractivity contribution >= 4 is 57.7 Å². The normalized spacial score (nSPS) is 18.6. The first-order valence-electron chi connectivity index (χ1n) is 12.4. The molecule has 1 heterocycles. The zero-order valence-corrected chi connectivity index (χ0v) is 23.8. The van der Waals surface area contributed by atoms with Crippen LogP contribution in [-0.2, 0) is 9.59 Å². The minimum atomic E-state index is -1.12. The molecule has 0 aromatic heterocycles. The van der Waals surface area contributed by atoms with Crippen LogP contribution in [0.1, 0.15) is 54.3 Å². The van der Waals surface area contributed by atoms with E-state index in [9.17, 15) is 14.4 Å². The molecule has 1 aliphatic heterocycles. The molecule has 1 saturated heterocycles. The zero-order valence-electron chi connectivity index (χ0n) is 20.9. The number of benzene rings is 3. The highest BCUT2D eigenvalue weighted by Crippen LogP contribution is 2.43. The van der Waals surface area contributed by atoms with Crippen molar-refractivity contribution in [1.82, 2.24) is 10.2 Å². The highest BCUT2D eigenvalue weighted by atomic mass is 127. The van der Waals surface area contributed by atoms with Gasteiger partial charge in [0.05, 0.1) is 17.8 Å². The molecule has 3 aromatic carbocycles. The van der Waals surface area contributed by atoms with Crippen molar-refractivity contribution in [3.63, 3.8) is 0 Å². The topological polar surface area (TPSA) is 87.7 Å². The summed E-state index contributed by atoms with van der Waals surface area (Å²) in [6, 6.07) is 17.6. The minimum Gasteiger partial charge on any atom is -0.496 e. The van der Waals surface area contributed by atoms with Crippen molar-refractivity contribution in [3.05, 3.63) is 92.0 Å². The molecule has 0 unspecified atom stereocenters. The molecule has 0 bridgehead atoms. The summed E-state index contributed by atoms with van der Waals surface area (Å²) in [4.78, 5) is 42.0. The first-order valence-corrected chi connectivity index (χ1v) is 13.9. The summed E-state index contributed by atoms with van der Waals surface area (Å²) in [5.41, 5.74) is 2.94. The Hall–Kier alpha value is -3.11. The number of ether oxygens (including phenoxy) is 1. The third-order valence-corrected chi connectivity index (χ3v) is 8.11. The summed E-state index contributed by atoms with van der Waals surface area (Å²) in [7, 11) is 1.55. The van der Waals surface area contributed by atoms with Crippen molar-refractivity contribution in [1.29, 1.82) is 0 Å². The fourth-order valence-electron chi connectivity index (χ4n) is 4.91. The average Bonchev–Trinajstić information content (AvgIpc) is 3.73. The van der Waals surface area contributed by atoms with Crippen molar-refractivity contribution in [2.24, 2.45) is 0 Å². The lowest BCUT2D eigenvalue weighted by atomic mass is 9.91. The number of amides is 4. The molecule has 0 radical (unpaired) electrons. The van der Waals surface area contributed by atoms with Crippen LogP contribution in [0.5, 0.6) is 5.75 Å². The molecule has 1 aliphatic carbocycles. The molecule has 5 rings (SSSR count). The largest absolute Gasteiger partial charge is 0.496 e. The van der Waals surface area contributed by atoms with Gasteiger partial charge in [0, 0.05) is 15.1 Å². The predicted octanol–water partition coefficient (Wildman–Crippen LogP) is 6.23. The van der Waals surface area contributed by atoms with Crippen LogP contribution in [0.15, 0.2) is 66.7 Å². The SMILES string of the molecule is COc1cc(C2CC2)ccc1[C@H]1NC(=O)N([C@H](C(=O)Nc2ccc(I)cc2Cl)[C@@H](C)c2ccccc2)C1=O. The molecule has 3 atom stereocenters. The van der Waals surface area contributed by atoms with E-state index >= 15 is 0 Å². The fraction of sp³-hybridized carbons (Fsp3) is 0.276. The molecule has 7 nitrogen and oxygen atoms in total. The molecule has 3 aromatic rings. The standard InChI is InChI=1S/C29H27ClIN3O4/c1-16(17-6-4-3-5-7-17)26(27(35)32-23-13-11-20(31)15-22(23)30)34-28(36)25(33-29(34)37)21-12-10-19(18-8-9-18)14-24(21)38-2/h3-7,10-16,18,25-26H,8-9H2,1-2H3,(H,32,35)(H,33,37)/t16-,25+,26-/m0/s1. The van der Waals surface area contributed by atoms with E-state index in [0.717, 1.165) is 32.4 Å². The quantitative estimate of drug-likeness (QED) is 0.225. The van der Waals surface area contributed by atoms with Crippen LogP contribution in [0.2, 0.25) is 5.02 Å². The molecular formula is C29H27ClIN3O4. The number of hydrogen-bond donors (Lipinski definition) is 2. The lowest BCUT2D eigenvalue weighted by Gasteiger charge is -2.30. The second kappa shape index (κ2) is 10.9. The fourth-order valence-corrected chi connectivity index (χ4v) is 5.81. The maximum Gasteiger partial charge on any atom is 0.325 e. The van der Waals surface area contributed by atoms with E-state index in [0.29, 0.717) is 27.9 Å². The molecule has 1 saturated carbocycles. The maximum absolute atomic E-state index is 13.8. The lowest BCUT2D eigenvalue weighted by Crippen LogP contribution is -2.50. The second-order valence-corrected chi connectivity index (χ2v) is 11.3. The monoisotopic (exact) mass is 643 g/mol. The van der Waals surface area contributed by atoms with Gasteiger partial charge < -0.3 is 15.4 Å². The van der Waals surface area contributed by atoms with Crippen LogP contribution in [0, 0.1) is 3.57 Å². The van der Waals surface area contributed by atoms with Gasteiger partial charge in [0.1, 0.15) is 17.8 Å². The number of nitrogens with zero attached hydrogens (tertiary/aromatic N) is 1. The highest BCUT2D eigenvalue weighted by Gasteiger charge is 2.48. The van der Waals surface area contributed by atoms with Gasteiger partial charge in [-0.2, -0.15) is 0 Å². The third-order valence-electron chi connectivity index (χ3n) is 7.12.